The van der Waals surface area contributed by atoms with Crippen molar-refractivity contribution in [3.8, 4) is 6.07 Å². The third kappa shape index (κ3) is 3.52. The Kier molecular flexibility index (Phi) is 5.29. The van der Waals surface area contributed by atoms with E-state index in [9.17, 15) is 24.0 Å². The molecule has 1 heterocycles. The summed E-state index contributed by atoms with van der Waals surface area (Å²) in [5.74, 6) is -2.27. The van der Waals surface area contributed by atoms with Crippen LogP contribution in [0.3, 0.4) is 0 Å². The lowest BCUT2D eigenvalue weighted by atomic mass is 10.0. The maximum Gasteiger partial charge on any atom is 0.266 e. The topological polar surface area (TPSA) is 90.3 Å². The average Bonchev–Trinajstić information content (AvgIpc) is 3.03. The maximum atomic E-state index is 14.0. The zero-order valence-corrected chi connectivity index (χ0v) is 17.3. The van der Waals surface area contributed by atoms with Crippen LogP contribution in [0.15, 0.2) is 60.7 Å². The Balaban J connectivity index is 1.64. The van der Waals surface area contributed by atoms with Gasteiger partial charge in [-0.2, -0.15) is 5.26 Å². The Morgan fingerprint density at radius 3 is 2.44 bits per heavy atom. The second-order valence-corrected chi connectivity index (χ2v) is 7.55. The van der Waals surface area contributed by atoms with Gasteiger partial charge < -0.3 is 5.32 Å². The van der Waals surface area contributed by atoms with Gasteiger partial charge >= 0.3 is 0 Å². The van der Waals surface area contributed by atoms with Gasteiger partial charge in [0.25, 0.3) is 17.7 Å². The van der Waals surface area contributed by atoms with E-state index in [0.717, 1.165) is 16.0 Å². The van der Waals surface area contributed by atoms with E-state index in [0.29, 0.717) is 5.69 Å². The third-order valence-corrected chi connectivity index (χ3v) is 5.38. The number of benzene rings is 3. The van der Waals surface area contributed by atoms with Crippen molar-refractivity contribution in [1.29, 1.82) is 5.26 Å². The molecule has 3 aromatic carbocycles. The van der Waals surface area contributed by atoms with Gasteiger partial charge in [0.15, 0.2) is 0 Å². The summed E-state index contributed by atoms with van der Waals surface area (Å²) in [4.78, 5) is 39.8. The monoisotopic (exact) mass is 427 g/mol. The van der Waals surface area contributed by atoms with E-state index in [1.54, 1.807) is 12.1 Å². The number of anilines is 1. The Bertz CT molecular complexity index is 1330. The molecule has 6 nitrogen and oxygen atoms in total. The maximum absolute atomic E-state index is 14.0. The summed E-state index contributed by atoms with van der Waals surface area (Å²) in [5.41, 5.74) is 2.58. The van der Waals surface area contributed by atoms with Crippen LogP contribution in [0.4, 0.5) is 10.1 Å². The predicted octanol–water partition coefficient (Wildman–Crippen LogP) is 4.24. The van der Waals surface area contributed by atoms with Crippen molar-refractivity contribution in [2.24, 2.45) is 0 Å². The summed E-state index contributed by atoms with van der Waals surface area (Å²) in [6.07, 6.45) is 0. The molecule has 0 spiro atoms. The van der Waals surface area contributed by atoms with Crippen LogP contribution < -0.4 is 10.2 Å². The highest BCUT2D eigenvalue weighted by Gasteiger charge is 2.38. The van der Waals surface area contributed by atoms with Crippen molar-refractivity contribution >= 4 is 23.4 Å². The Labute approximate surface area is 183 Å². The van der Waals surface area contributed by atoms with Crippen molar-refractivity contribution in [2.45, 2.75) is 19.9 Å². The minimum atomic E-state index is -1.21. The molecule has 158 valence electrons. The normalized spacial score (nSPS) is 13.5. The van der Waals surface area contributed by atoms with Crippen LogP contribution in [0.5, 0.6) is 0 Å². The molecule has 7 heteroatoms. The van der Waals surface area contributed by atoms with Gasteiger partial charge in [-0.25, -0.2) is 9.29 Å². The molecule has 0 aromatic heterocycles. The van der Waals surface area contributed by atoms with E-state index in [-0.39, 0.29) is 22.3 Å². The minimum absolute atomic E-state index is 0.0388. The van der Waals surface area contributed by atoms with Crippen molar-refractivity contribution in [3.05, 3.63) is 99.9 Å². The minimum Gasteiger partial charge on any atom is -0.332 e. The standard InChI is InChI=1S/C25H18FN3O3/c1-14-7-8-15(2)22(11-14)29-24(31)17-10-9-16(12-19(17)25(29)32)23(30)28-21(13-27)18-5-3-4-6-20(18)26/h3-12,21H,1-2H3,(H,28,30). The molecular formula is C25H18FN3O3. The highest BCUT2D eigenvalue weighted by atomic mass is 19.1. The number of halogens is 1. The molecule has 3 amide bonds. The largest absolute Gasteiger partial charge is 0.332 e. The molecule has 0 radical (unpaired) electrons. The van der Waals surface area contributed by atoms with Gasteiger partial charge in [-0.05, 0) is 55.3 Å². The molecule has 3 aromatic rings. The zero-order valence-electron chi connectivity index (χ0n) is 17.3. The van der Waals surface area contributed by atoms with Gasteiger partial charge in [-0.15, -0.1) is 0 Å². The van der Waals surface area contributed by atoms with E-state index in [1.165, 1.54) is 36.4 Å². The van der Waals surface area contributed by atoms with Crippen LogP contribution in [0.25, 0.3) is 0 Å². The molecule has 1 unspecified atom stereocenters. The van der Waals surface area contributed by atoms with Crippen LogP contribution in [-0.2, 0) is 0 Å². The molecule has 1 atom stereocenters. The summed E-state index contributed by atoms with van der Waals surface area (Å²) in [6, 6.07) is 16.0. The number of carbonyl (C=O) groups excluding carboxylic acids is 3. The Morgan fingerprint density at radius 2 is 1.72 bits per heavy atom. The Morgan fingerprint density at radius 1 is 1.00 bits per heavy atom. The second kappa shape index (κ2) is 8.08. The fraction of sp³-hybridized carbons (Fsp3) is 0.120. The summed E-state index contributed by atoms with van der Waals surface area (Å²) < 4.78 is 14.0. The van der Waals surface area contributed by atoms with Crippen molar-refractivity contribution in [1.82, 2.24) is 5.32 Å². The first-order valence-corrected chi connectivity index (χ1v) is 9.87. The first-order chi connectivity index (χ1) is 15.3. The quantitative estimate of drug-likeness (QED) is 0.631. The first kappa shape index (κ1) is 20.9. The van der Waals surface area contributed by atoms with Gasteiger partial charge in [0.2, 0.25) is 0 Å². The molecule has 0 saturated heterocycles. The van der Waals surface area contributed by atoms with Crippen molar-refractivity contribution < 1.29 is 18.8 Å². The molecule has 0 saturated carbocycles. The van der Waals surface area contributed by atoms with Crippen LogP contribution in [0.1, 0.15) is 53.8 Å². The average molecular weight is 427 g/mol. The van der Waals surface area contributed by atoms with Crippen LogP contribution >= 0.6 is 0 Å². The molecule has 1 aliphatic rings. The van der Waals surface area contributed by atoms with Gasteiger partial charge in [0.1, 0.15) is 11.9 Å². The predicted molar refractivity (Wildman–Crippen MR) is 116 cm³/mol. The number of nitrogens with zero attached hydrogens (tertiary/aromatic N) is 2. The molecule has 1 aliphatic heterocycles. The van der Waals surface area contributed by atoms with E-state index in [1.807, 2.05) is 32.0 Å². The number of aryl methyl sites for hydroxylation is 2. The molecule has 0 bridgehead atoms. The fourth-order valence-corrected chi connectivity index (χ4v) is 3.66. The second-order valence-electron chi connectivity index (χ2n) is 7.55. The van der Waals surface area contributed by atoms with Crippen molar-refractivity contribution in [3.63, 3.8) is 0 Å². The van der Waals surface area contributed by atoms with Gasteiger partial charge in [0, 0.05) is 11.1 Å². The number of nitriles is 1. The number of hydrogen-bond donors (Lipinski definition) is 1. The highest BCUT2D eigenvalue weighted by Crippen LogP contribution is 2.32. The summed E-state index contributed by atoms with van der Waals surface area (Å²) >= 11 is 0. The number of fused-ring (bicyclic) bond motifs is 1. The lowest BCUT2D eigenvalue weighted by molar-refractivity contribution is 0.0922. The van der Waals surface area contributed by atoms with Gasteiger partial charge in [-0.1, -0.05) is 30.3 Å². The summed E-state index contributed by atoms with van der Waals surface area (Å²) in [6.45, 7) is 3.67. The highest BCUT2D eigenvalue weighted by molar-refractivity contribution is 6.35. The van der Waals surface area contributed by atoms with E-state index >= 15 is 0 Å². The molecule has 0 fully saturated rings. The number of rotatable bonds is 4. The van der Waals surface area contributed by atoms with Crippen molar-refractivity contribution in [2.75, 3.05) is 4.90 Å². The summed E-state index contributed by atoms with van der Waals surface area (Å²) in [7, 11) is 0. The SMILES string of the molecule is Cc1ccc(C)c(N2C(=O)c3ccc(C(=O)NC(C#N)c4ccccc4F)cc3C2=O)c1. The number of amides is 3. The summed E-state index contributed by atoms with van der Waals surface area (Å²) in [5, 5.41) is 11.9. The van der Waals surface area contributed by atoms with E-state index in [4.69, 9.17) is 0 Å². The lowest BCUT2D eigenvalue weighted by Gasteiger charge is -2.17. The third-order valence-electron chi connectivity index (χ3n) is 5.38. The first-order valence-electron chi connectivity index (χ1n) is 9.87. The number of carbonyl (C=O) groups is 3. The number of hydrogen-bond acceptors (Lipinski definition) is 4. The number of nitrogens with one attached hydrogen (secondary N) is 1. The van der Waals surface area contributed by atoms with Crippen LogP contribution in [0.2, 0.25) is 0 Å². The van der Waals surface area contributed by atoms with Crippen LogP contribution in [-0.4, -0.2) is 17.7 Å². The fourth-order valence-electron chi connectivity index (χ4n) is 3.66. The molecule has 4 rings (SSSR count). The van der Waals surface area contributed by atoms with E-state index < -0.39 is 29.6 Å². The van der Waals surface area contributed by atoms with Gasteiger partial charge in [0.05, 0.1) is 22.9 Å². The van der Waals surface area contributed by atoms with Gasteiger partial charge in [-0.3, -0.25) is 14.4 Å². The van der Waals surface area contributed by atoms with E-state index in [2.05, 4.69) is 5.32 Å². The zero-order chi connectivity index (χ0) is 23.0. The van der Waals surface area contributed by atoms with Crippen LogP contribution in [0, 0.1) is 31.0 Å². The molecule has 1 N–H and O–H groups in total. The lowest BCUT2D eigenvalue weighted by Crippen LogP contribution is -2.30. The smallest absolute Gasteiger partial charge is 0.266 e. The number of imide groups is 1. The molecule has 32 heavy (non-hydrogen) atoms. The molecule has 0 aliphatic carbocycles. The Hall–Kier alpha value is -4.31. The molecular weight excluding hydrogens is 409 g/mol.